The van der Waals surface area contributed by atoms with Crippen molar-refractivity contribution in [2.75, 3.05) is 13.2 Å². The number of esters is 1. The first kappa shape index (κ1) is 20.9. The lowest BCUT2D eigenvalue weighted by Crippen LogP contribution is -2.05. The van der Waals surface area contributed by atoms with Crippen LogP contribution in [0.15, 0.2) is 24.3 Å². The third-order valence-corrected chi connectivity index (χ3v) is 3.55. The molecule has 0 aromatic heterocycles. The van der Waals surface area contributed by atoms with Crippen molar-refractivity contribution in [3.05, 3.63) is 24.3 Å². The molecule has 3 heteroatoms. The highest BCUT2D eigenvalue weighted by atomic mass is 16.5. The number of aliphatic hydroxyl groups is 1. The minimum atomic E-state index is -0.162. The van der Waals surface area contributed by atoms with E-state index in [-0.39, 0.29) is 12.6 Å². The monoisotopic (exact) mass is 310 g/mol. The molecule has 22 heavy (non-hydrogen) atoms. The predicted molar refractivity (Wildman–Crippen MR) is 92.7 cm³/mol. The van der Waals surface area contributed by atoms with Crippen LogP contribution in [0, 0.1) is 5.92 Å². The Balaban J connectivity index is 3.72. The molecule has 0 heterocycles. The van der Waals surface area contributed by atoms with Gasteiger partial charge in [0.15, 0.2) is 0 Å². The molecule has 0 aliphatic heterocycles. The molecule has 0 aliphatic carbocycles. The lowest BCUT2D eigenvalue weighted by Gasteiger charge is -2.04. The van der Waals surface area contributed by atoms with Gasteiger partial charge in [-0.1, -0.05) is 51.0 Å². The van der Waals surface area contributed by atoms with Crippen molar-refractivity contribution in [2.45, 2.75) is 71.6 Å². The van der Waals surface area contributed by atoms with Gasteiger partial charge in [-0.2, -0.15) is 0 Å². The fraction of sp³-hybridized carbons (Fsp3) is 0.737. The summed E-state index contributed by atoms with van der Waals surface area (Å²) in [5.41, 5.74) is 0. The molecule has 0 saturated carbocycles. The van der Waals surface area contributed by atoms with Gasteiger partial charge in [0, 0.05) is 13.0 Å². The molecule has 0 rings (SSSR count). The highest BCUT2D eigenvalue weighted by Gasteiger charge is 2.01. The van der Waals surface area contributed by atoms with Crippen LogP contribution in [0.25, 0.3) is 0 Å². The Morgan fingerprint density at radius 3 is 2.41 bits per heavy atom. The van der Waals surface area contributed by atoms with E-state index in [1.54, 1.807) is 0 Å². The zero-order valence-electron chi connectivity index (χ0n) is 14.4. The van der Waals surface area contributed by atoms with Gasteiger partial charge in [-0.05, 0) is 44.4 Å². The Labute approximate surface area is 136 Å². The maximum absolute atomic E-state index is 11.4. The average Bonchev–Trinajstić information content (AvgIpc) is 2.52. The molecule has 1 N–H and O–H groups in total. The second-order valence-corrected chi connectivity index (χ2v) is 5.61. The maximum atomic E-state index is 11.4. The number of carbonyl (C=O) groups is 1. The van der Waals surface area contributed by atoms with Gasteiger partial charge in [0.25, 0.3) is 0 Å². The summed E-state index contributed by atoms with van der Waals surface area (Å²) >= 11 is 0. The van der Waals surface area contributed by atoms with Crippen molar-refractivity contribution in [3.63, 3.8) is 0 Å². The van der Waals surface area contributed by atoms with E-state index < -0.39 is 0 Å². The molecule has 0 spiro atoms. The standard InChI is InChI=1S/C19H34O3/c1-3-5-6-7-8-13-18(4-2)14-10-12-17-22-19(21)15-9-11-16-20/h8,10,13-14,18,20H,3-7,9,11-12,15-17H2,1-2H3/b13-8-,14-10-/t18-/m1/s1. The second kappa shape index (κ2) is 16.3. The van der Waals surface area contributed by atoms with Gasteiger partial charge >= 0.3 is 5.97 Å². The van der Waals surface area contributed by atoms with Gasteiger partial charge in [-0.15, -0.1) is 0 Å². The van der Waals surface area contributed by atoms with Crippen LogP contribution in [-0.4, -0.2) is 24.3 Å². The topological polar surface area (TPSA) is 46.5 Å². The lowest BCUT2D eigenvalue weighted by atomic mass is 10.0. The summed E-state index contributed by atoms with van der Waals surface area (Å²) in [5, 5.41) is 8.64. The third-order valence-electron chi connectivity index (χ3n) is 3.55. The van der Waals surface area contributed by atoms with Crippen LogP contribution in [0.2, 0.25) is 0 Å². The van der Waals surface area contributed by atoms with E-state index >= 15 is 0 Å². The summed E-state index contributed by atoms with van der Waals surface area (Å²) in [6, 6.07) is 0. The van der Waals surface area contributed by atoms with Crippen LogP contribution in [-0.2, 0) is 9.53 Å². The Hall–Kier alpha value is -1.09. The van der Waals surface area contributed by atoms with E-state index in [0.717, 1.165) is 12.8 Å². The largest absolute Gasteiger partial charge is 0.465 e. The van der Waals surface area contributed by atoms with E-state index in [1.165, 1.54) is 25.7 Å². The molecule has 0 unspecified atom stereocenters. The zero-order chi connectivity index (χ0) is 16.5. The summed E-state index contributed by atoms with van der Waals surface area (Å²) in [4.78, 5) is 11.4. The van der Waals surface area contributed by atoms with Crippen LogP contribution in [0.1, 0.15) is 71.6 Å². The summed E-state index contributed by atoms with van der Waals surface area (Å²) in [6.07, 6.45) is 17.5. The Kier molecular flexibility index (Phi) is 15.5. The summed E-state index contributed by atoms with van der Waals surface area (Å²) in [5.74, 6) is 0.326. The highest BCUT2D eigenvalue weighted by molar-refractivity contribution is 5.69. The SMILES string of the molecule is CCCCC/C=C\[C@H](/C=C\CCOC(=O)CCCCO)CC. The Bertz CT molecular complexity index is 308. The Morgan fingerprint density at radius 1 is 1.05 bits per heavy atom. The fourth-order valence-electron chi connectivity index (χ4n) is 2.08. The van der Waals surface area contributed by atoms with Gasteiger partial charge in [0.1, 0.15) is 0 Å². The number of rotatable bonds is 14. The number of unbranched alkanes of at least 4 members (excludes halogenated alkanes) is 4. The fourth-order valence-corrected chi connectivity index (χ4v) is 2.08. The molecule has 0 aliphatic rings. The quantitative estimate of drug-likeness (QED) is 0.285. The lowest BCUT2D eigenvalue weighted by molar-refractivity contribution is -0.143. The van der Waals surface area contributed by atoms with Crippen LogP contribution in [0.3, 0.4) is 0 Å². The maximum Gasteiger partial charge on any atom is 0.305 e. The summed E-state index contributed by atoms with van der Waals surface area (Å²) in [6.45, 7) is 5.00. The molecule has 0 bridgehead atoms. The summed E-state index contributed by atoms with van der Waals surface area (Å²) < 4.78 is 5.14. The van der Waals surface area contributed by atoms with Crippen LogP contribution in [0.4, 0.5) is 0 Å². The van der Waals surface area contributed by atoms with E-state index in [4.69, 9.17) is 9.84 Å². The van der Waals surface area contributed by atoms with Gasteiger partial charge in [-0.3, -0.25) is 4.79 Å². The molecule has 0 fully saturated rings. The van der Waals surface area contributed by atoms with Crippen molar-refractivity contribution in [1.82, 2.24) is 0 Å². The minimum Gasteiger partial charge on any atom is -0.465 e. The normalized spacial score (nSPS) is 13.0. The molecular formula is C19H34O3. The molecule has 0 aromatic carbocycles. The van der Waals surface area contributed by atoms with Crippen molar-refractivity contribution < 1.29 is 14.6 Å². The zero-order valence-corrected chi connectivity index (χ0v) is 14.4. The highest BCUT2D eigenvalue weighted by Crippen LogP contribution is 2.09. The van der Waals surface area contributed by atoms with Crippen LogP contribution in [0.5, 0.6) is 0 Å². The number of ether oxygens (including phenoxy) is 1. The van der Waals surface area contributed by atoms with Crippen molar-refractivity contribution >= 4 is 5.97 Å². The number of carbonyl (C=O) groups excluding carboxylic acids is 1. The molecule has 3 nitrogen and oxygen atoms in total. The molecule has 0 radical (unpaired) electrons. The van der Waals surface area contributed by atoms with Gasteiger partial charge < -0.3 is 9.84 Å². The van der Waals surface area contributed by atoms with Crippen LogP contribution >= 0.6 is 0 Å². The van der Waals surface area contributed by atoms with Gasteiger partial charge in [0.2, 0.25) is 0 Å². The van der Waals surface area contributed by atoms with Gasteiger partial charge in [-0.25, -0.2) is 0 Å². The number of allylic oxidation sites excluding steroid dienone is 3. The van der Waals surface area contributed by atoms with E-state index in [9.17, 15) is 4.79 Å². The third kappa shape index (κ3) is 13.9. The first-order valence-electron chi connectivity index (χ1n) is 8.84. The molecule has 1 atom stereocenters. The predicted octanol–water partition coefficient (Wildman–Crippen LogP) is 4.80. The molecule has 0 aromatic rings. The van der Waals surface area contributed by atoms with Crippen molar-refractivity contribution in [2.24, 2.45) is 5.92 Å². The Morgan fingerprint density at radius 2 is 1.77 bits per heavy atom. The number of aliphatic hydroxyl groups excluding tert-OH is 1. The van der Waals surface area contributed by atoms with Crippen LogP contribution < -0.4 is 0 Å². The van der Waals surface area contributed by atoms with E-state index in [1.807, 2.05) is 0 Å². The first-order chi connectivity index (χ1) is 10.7. The molecule has 0 amide bonds. The van der Waals surface area contributed by atoms with E-state index in [0.29, 0.717) is 31.8 Å². The second-order valence-electron chi connectivity index (χ2n) is 5.61. The van der Waals surface area contributed by atoms with Gasteiger partial charge in [0.05, 0.1) is 6.61 Å². The smallest absolute Gasteiger partial charge is 0.305 e. The van der Waals surface area contributed by atoms with Crippen molar-refractivity contribution in [1.29, 1.82) is 0 Å². The summed E-state index contributed by atoms with van der Waals surface area (Å²) in [7, 11) is 0. The molecular weight excluding hydrogens is 276 g/mol. The minimum absolute atomic E-state index is 0.139. The van der Waals surface area contributed by atoms with E-state index in [2.05, 4.69) is 38.2 Å². The molecule has 128 valence electrons. The number of hydrogen-bond acceptors (Lipinski definition) is 3. The average molecular weight is 310 g/mol. The number of hydrogen-bond donors (Lipinski definition) is 1. The first-order valence-corrected chi connectivity index (χ1v) is 8.84. The molecule has 0 saturated heterocycles. The van der Waals surface area contributed by atoms with Crippen molar-refractivity contribution in [3.8, 4) is 0 Å².